The first kappa shape index (κ1) is 28.6. The van der Waals surface area contributed by atoms with Gasteiger partial charge in [-0.1, -0.05) is 31.1 Å². The van der Waals surface area contributed by atoms with Crippen LogP contribution < -0.4 is 16.0 Å². The van der Waals surface area contributed by atoms with Crippen molar-refractivity contribution in [1.82, 2.24) is 25.8 Å². The van der Waals surface area contributed by atoms with Crippen LogP contribution in [0.4, 0.5) is 4.79 Å². The molecule has 1 aliphatic carbocycles. The summed E-state index contributed by atoms with van der Waals surface area (Å²) < 4.78 is 5.40. The van der Waals surface area contributed by atoms with E-state index in [1.165, 1.54) is 0 Å². The molecule has 0 unspecified atom stereocenters. The van der Waals surface area contributed by atoms with Crippen LogP contribution in [0.3, 0.4) is 0 Å². The van der Waals surface area contributed by atoms with Gasteiger partial charge in [0.15, 0.2) is 0 Å². The van der Waals surface area contributed by atoms with Crippen LogP contribution in [-0.2, 0) is 25.7 Å². The van der Waals surface area contributed by atoms with E-state index in [0.717, 1.165) is 31.4 Å². The standard InChI is InChI=1S/C29H41N5O5/c1-28(2,3)39-27(38)32-22-14-8-6-4-5-7-12-20-18-29(20,26(37)31-19-21-13-9-10-16-30-21)33-24(35)23-15-11-17-34(23)25(22)36/h7,9-10,12-13,16,20,22-23H,4-6,8,11,14-15,17-19H2,1-3H3,(H,31,37)(H,32,38)(H,33,35)/b12-7-/t20-,22+,23+,29-/m1/s1. The van der Waals surface area contributed by atoms with Crippen LogP contribution in [0.25, 0.3) is 0 Å². The van der Waals surface area contributed by atoms with Gasteiger partial charge < -0.3 is 25.6 Å². The van der Waals surface area contributed by atoms with Crippen LogP contribution in [0.1, 0.15) is 77.8 Å². The van der Waals surface area contributed by atoms with Crippen molar-refractivity contribution >= 4 is 23.8 Å². The fourth-order valence-corrected chi connectivity index (χ4v) is 5.37. The van der Waals surface area contributed by atoms with Gasteiger partial charge >= 0.3 is 6.09 Å². The quantitative estimate of drug-likeness (QED) is 0.505. The Hall–Kier alpha value is -3.43. The number of rotatable bonds is 4. The number of aromatic nitrogens is 1. The molecule has 0 radical (unpaired) electrons. The van der Waals surface area contributed by atoms with E-state index < -0.39 is 29.3 Å². The number of nitrogens with one attached hydrogen (secondary N) is 3. The van der Waals surface area contributed by atoms with Crippen LogP contribution in [0, 0.1) is 5.92 Å². The SMILES string of the molecule is CC(C)(C)OC(=O)N[C@H]1CCCCC/C=C\[C@@H]2C[C@@]2(C(=O)NCc2ccccn2)NC(=O)[C@@H]2CCCN2C1=O. The van der Waals surface area contributed by atoms with E-state index in [2.05, 4.69) is 27.0 Å². The molecule has 4 rings (SSSR count). The number of allylic oxidation sites excluding steroid dienone is 1. The average Bonchev–Trinajstić information content (AvgIpc) is 3.34. The van der Waals surface area contributed by atoms with E-state index in [4.69, 9.17) is 4.74 Å². The second-order valence-electron chi connectivity index (χ2n) is 11.7. The third-order valence-electron chi connectivity index (χ3n) is 7.48. The van der Waals surface area contributed by atoms with E-state index >= 15 is 0 Å². The van der Waals surface area contributed by atoms with E-state index in [0.29, 0.717) is 32.2 Å². The number of hydrogen-bond donors (Lipinski definition) is 3. The molecule has 1 saturated carbocycles. The molecule has 3 heterocycles. The van der Waals surface area contributed by atoms with Gasteiger partial charge in [0, 0.05) is 18.7 Å². The Morgan fingerprint density at radius 1 is 1.15 bits per heavy atom. The zero-order valence-corrected chi connectivity index (χ0v) is 23.2. The monoisotopic (exact) mass is 539 g/mol. The third kappa shape index (κ3) is 7.36. The maximum atomic E-state index is 13.7. The molecular weight excluding hydrogens is 498 g/mol. The molecule has 1 aromatic rings. The largest absolute Gasteiger partial charge is 0.444 e. The van der Waals surface area contributed by atoms with Gasteiger partial charge in [-0.05, 0) is 71.4 Å². The zero-order valence-electron chi connectivity index (χ0n) is 23.2. The van der Waals surface area contributed by atoms with Crippen LogP contribution >= 0.6 is 0 Å². The van der Waals surface area contributed by atoms with E-state index in [1.54, 1.807) is 31.9 Å². The molecule has 10 heteroatoms. The Labute approximate surface area is 230 Å². The molecular formula is C29H41N5O5. The lowest BCUT2D eigenvalue weighted by Gasteiger charge is -2.30. The summed E-state index contributed by atoms with van der Waals surface area (Å²) in [5.74, 6) is -0.980. The minimum atomic E-state index is -1.05. The highest BCUT2D eigenvalue weighted by Gasteiger charge is 2.60. The summed E-state index contributed by atoms with van der Waals surface area (Å²) in [4.78, 5) is 59.0. The van der Waals surface area contributed by atoms with Crippen molar-refractivity contribution in [3.63, 3.8) is 0 Å². The second kappa shape index (κ2) is 12.2. The predicted molar refractivity (Wildman–Crippen MR) is 145 cm³/mol. The van der Waals surface area contributed by atoms with Crippen molar-refractivity contribution in [2.45, 2.75) is 102 Å². The summed E-state index contributed by atoms with van der Waals surface area (Å²) in [5.41, 5.74) is -1.01. The normalized spacial score (nSPS) is 28.6. The van der Waals surface area contributed by atoms with Gasteiger partial charge in [0.2, 0.25) is 17.7 Å². The average molecular weight is 540 g/mol. The minimum Gasteiger partial charge on any atom is -0.444 e. The van der Waals surface area contributed by atoms with Crippen molar-refractivity contribution in [2.75, 3.05) is 6.54 Å². The first-order chi connectivity index (χ1) is 18.6. The summed E-state index contributed by atoms with van der Waals surface area (Å²) >= 11 is 0. The van der Waals surface area contributed by atoms with Crippen molar-refractivity contribution in [2.24, 2.45) is 5.92 Å². The van der Waals surface area contributed by atoms with Crippen LogP contribution in [0.15, 0.2) is 36.5 Å². The number of hydrogen-bond acceptors (Lipinski definition) is 6. The van der Waals surface area contributed by atoms with E-state index in [9.17, 15) is 19.2 Å². The van der Waals surface area contributed by atoms with Crippen molar-refractivity contribution in [3.8, 4) is 0 Å². The van der Waals surface area contributed by atoms with Gasteiger partial charge in [0.05, 0.1) is 12.2 Å². The minimum absolute atomic E-state index is 0.109. The molecule has 1 aromatic heterocycles. The number of fused-ring (bicyclic) bond motifs is 2. The van der Waals surface area contributed by atoms with Gasteiger partial charge in [-0.25, -0.2) is 4.79 Å². The Morgan fingerprint density at radius 2 is 1.97 bits per heavy atom. The Kier molecular flexibility index (Phi) is 8.92. The Balaban J connectivity index is 1.51. The van der Waals surface area contributed by atoms with Crippen LogP contribution in [-0.4, -0.2) is 63.5 Å². The molecule has 3 aliphatic rings. The fraction of sp³-hybridized carbons (Fsp3) is 0.621. The molecule has 4 amide bonds. The lowest BCUT2D eigenvalue weighted by atomic mass is 10.0. The summed E-state index contributed by atoms with van der Waals surface area (Å²) in [6.45, 7) is 6.00. The number of pyridine rings is 1. The highest BCUT2D eigenvalue weighted by molar-refractivity contribution is 5.98. The van der Waals surface area contributed by atoms with Gasteiger partial charge in [0.25, 0.3) is 0 Å². The Bertz CT molecular complexity index is 1090. The number of carbonyl (C=O) groups excluding carboxylic acids is 4. The molecule has 39 heavy (non-hydrogen) atoms. The number of nitrogens with zero attached hydrogens (tertiary/aromatic N) is 2. The summed E-state index contributed by atoms with van der Waals surface area (Å²) in [6.07, 6.45) is 10.7. The number of alkyl carbamates (subject to hydrolysis) is 1. The molecule has 212 valence electrons. The summed E-state index contributed by atoms with van der Waals surface area (Å²) in [5, 5.41) is 8.71. The smallest absolute Gasteiger partial charge is 0.408 e. The maximum absolute atomic E-state index is 13.7. The molecule has 10 nitrogen and oxygen atoms in total. The van der Waals surface area contributed by atoms with Crippen LogP contribution in [0.5, 0.6) is 0 Å². The fourth-order valence-electron chi connectivity index (χ4n) is 5.37. The first-order valence-corrected chi connectivity index (χ1v) is 14.1. The lowest BCUT2D eigenvalue weighted by Crippen LogP contribution is -2.57. The topological polar surface area (TPSA) is 130 Å². The Morgan fingerprint density at radius 3 is 2.72 bits per heavy atom. The molecule has 4 atom stereocenters. The second-order valence-corrected chi connectivity index (χ2v) is 11.7. The summed E-state index contributed by atoms with van der Waals surface area (Å²) in [6, 6.07) is 4.03. The first-order valence-electron chi connectivity index (χ1n) is 14.1. The van der Waals surface area contributed by atoms with Crippen molar-refractivity contribution in [3.05, 3.63) is 42.2 Å². The zero-order chi connectivity index (χ0) is 28.0. The van der Waals surface area contributed by atoms with Gasteiger partial charge in [0.1, 0.15) is 23.2 Å². The van der Waals surface area contributed by atoms with Crippen molar-refractivity contribution in [1.29, 1.82) is 0 Å². The van der Waals surface area contributed by atoms with Gasteiger partial charge in [-0.3, -0.25) is 19.4 Å². The molecule has 1 saturated heterocycles. The van der Waals surface area contributed by atoms with E-state index in [-0.39, 0.29) is 30.2 Å². The molecule has 3 N–H and O–H groups in total. The number of carbonyl (C=O) groups is 4. The van der Waals surface area contributed by atoms with E-state index in [1.807, 2.05) is 24.3 Å². The molecule has 0 spiro atoms. The molecule has 0 aromatic carbocycles. The predicted octanol–water partition coefficient (Wildman–Crippen LogP) is 2.98. The lowest BCUT2D eigenvalue weighted by molar-refractivity contribution is -0.141. The number of amides is 4. The highest BCUT2D eigenvalue weighted by atomic mass is 16.6. The molecule has 2 aliphatic heterocycles. The maximum Gasteiger partial charge on any atom is 0.408 e. The highest BCUT2D eigenvalue weighted by Crippen LogP contribution is 2.45. The van der Waals surface area contributed by atoms with Gasteiger partial charge in [-0.2, -0.15) is 0 Å². The number of ether oxygens (including phenoxy) is 1. The third-order valence-corrected chi connectivity index (χ3v) is 7.48. The van der Waals surface area contributed by atoms with Crippen molar-refractivity contribution < 1.29 is 23.9 Å². The molecule has 0 bridgehead atoms. The van der Waals surface area contributed by atoms with Crippen LogP contribution in [0.2, 0.25) is 0 Å². The summed E-state index contributed by atoms with van der Waals surface area (Å²) in [7, 11) is 0. The van der Waals surface area contributed by atoms with Gasteiger partial charge in [-0.15, -0.1) is 0 Å². The molecule has 2 fully saturated rings.